The highest BCUT2D eigenvalue weighted by Gasteiger charge is 2.08. The van der Waals surface area contributed by atoms with Crippen LogP contribution in [0.5, 0.6) is 0 Å². The number of thiophene rings is 1. The first-order chi connectivity index (χ1) is 8.22. The van der Waals surface area contributed by atoms with Crippen molar-refractivity contribution in [2.45, 2.75) is 13.8 Å². The normalized spacial score (nSPS) is 10.9. The molecule has 1 nitrogen and oxygen atoms in total. The maximum absolute atomic E-state index is 10.9. The van der Waals surface area contributed by atoms with Gasteiger partial charge in [-0.1, -0.05) is 36.4 Å². The van der Waals surface area contributed by atoms with E-state index in [2.05, 4.69) is 31.2 Å². The van der Waals surface area contributed by atoms with Gasteiger partial charge in [-0.2, -0.15) is 0 Å². The lowest BCUT2D eigenvalue weighted by molar-refractivity contribution is 0.112. The largest absolute Gasteiger partial charge is 0.297 e. The average Bonchev–Trinajstić information content (AvgIpc) is 2.65. The second-order valence-corrected chi connectivity index (χ2v) is 5.03. The van der Waals surface area contributed by atoms with Crippen molar-refractivity contribution in [2.75, 3.05) is 0 Å². The van der Waals surface area contributed by atoms with Gasteiger partial charge < -0.3 is 0 Å². The van der Waals surface area contributed by atoms with E-state index in [1.807, 2.05) is 25.1 Å². The molecule has 0 aliphatic carbocycles. The maximum atomic E-state index is 10.9. The van der Waals surface area contributed by atoms with Gasteiger partial charge in [0.05, 0.1) is 4.88 Å². The minimum Gasteiger partial charge on any atom is -0.297 e. The Bertz CT molecular complexity index is 550. The topological polar surface area (TPSA) is 17.1 Å². The standard InChI is InChI=1S/C15H14OS/c1-11-12(2)15(10-16)17-14(11)9-8-13-6-4-3-5-7-13/h3-10H,1-2H3/b9-8+. The number of hydrogen-bond donors (Lipinski definition) is 0. The van der Waals surface area contributed by atoms with E-state index in [0.717, 1.165) is 21.6 Å². The van der Waals surface area contributed by atoms with Crippen LogP contribution in [0.3, 0.4) is 0 Å². The van der Waals surface area contributed by atoms with Crippen LogP contribution in [0.4, 0.5) is 0 Å². The lowest BCUT2D eigenvalue weighted by Crippen LogP contribution is -1.78. The summed E-state index contributed by atoms with van der Waals surface area (Å²) in [7, 11) is 0. The molecule has 0 atom stereocenters. The molecule has 1 heterocycles. The average molecular weight is 242 g/mol. The monoisotopic (exact) mass is 242 g/mol. The van der Waals surface area contributed by atoms with Crippen molar-refractivity contribution in [3.8, 4) is 0 Å². The van der Waals surface area contributed by atoms with E-state index in [9.17, 15) is 4.79 Å². The summed E-state index contributed by atoms with van der Waals surface area (Å²) >= 11 is 1.55. The van der Waals surface area contributed by atoms with Crippen LogP contribution in [0, 0.1) is 13.8 Å². The highest BCUT2D eigenvalue weighted by atomic mass is 32.1. The maximum Gasteiger partial charge on any atom is 0.160 e. The number of benzene rings is 1. The first-order valence-electron chi connectivity index (χ1n) is 5.50. The molecular formula is C15H14OS. The van der Waals surface area contributed by atoms with E-state index in [1.165, 1.54) is 11.1 Å². The molecule has 1 aromatic carbocycles. The van der Waals surface area contributed by atoms with E-state index in [4.69, 9.17) is 0 Å². The van der Waals surface area contributed by atoms with Gasteiger partial charge in [0.1, 0.15) is 0 Å². The molecule has 86 valence electrons. The molecule has 0 saturated carbocycles. The van der Waals surface area contributed by atoms with Gasteiger partial charge in [0, 0.05) is 4.88 Å². The number of carbonyl (C=O) groups is 1. The molecule has 2 heteroatoms. The molecule has 0 spiro atoms. The number of aldehydes is 1. The van der Waals surface area contributed by atoms with Gasteiger partial charge in [0.25, 0.3) is 0 Å². The van der Waals surface area contributed by atoms with Crippen molar-refractivity contribution >= 4 is 29.8 Å². The van der Waals surface area contributed by atoms with Gasteiger partial charge in [-0.05, 0) is 36.6 Å². The van der Waals surface area contributed by atoms with Crippen LogP contribution < -0.4 is 0 Å². The Labute approximate surface area is 105 Å². The van der Waals surface area contributed by atoms with E-state index in [0.29, 0.717) is 0 Å². The first-order valence-corrected chi connectivity index (χ1v) is 6.32. The highest BCUT2D eigenvalue weighted by molar-refractivity contribution is 7.14. The predicted octanol–water partition coefficient (Wildman–Crippen LogP) is 4.35. The molecule has 0 saturated heterocycles. The first kappa shape index (κ1) is 11.8. The van der Waals surface area contributed by atoms with E-state index in [-0.39, 0.29) is 0 Å². The Morgan fingerprint density at radius 2 is 1.59 bits per heavy atom. The Kier molecular flexibility index (Phi) is 3.55. The third-order valence-corrected chi connectivity index (χ3v) is 4.14. The summed E-state index contributed by atoms with van der Waals surface area (Å²) in [5.41, 5.74) is 3.47. The third-order valence-electron chi connectivity index (χ3n) is 2.86. The zero-order chi connectivity index (χ0) is 12.3. The Morgan fingerprint density at radius 1 is 0.941 bits per heavy atom. The second kappa shape index (κ2) is 5.11. The zero-order valence-corrected chi connectivity index (χ0v) is 10.8. The van der Waals surface area contributed by atoms with Crippen molar-refractivity contribution in [2.24, 2.45) is 0 Å². The molecule has 17 heavy (non-hydrogen) atoms. The lowest BCUT2D eigenvalue weighted by atomic mass is 10.1. The molecule has 0 radical (unpaired) electrons. The minimum absolute atomic E-state index is 0.829. The Balaban J connectivity index is 2.31. The molecule has 0 amide bonds. The SMILES string of the molecule is Cc1c(C=O)sc(/C=C/c2ccccc2)c1C. The van der Waals surface area contributed by atoms with Gasteiger partial charge in [-0.25, -0.2) is 0 Å². The van der Waals surface area contributed by atoms with E-state index in [1.54, 1.807) is 11.3 Å². The molecule has 0 N–H and O–H groups in total. The zero-order valence-electron chi connectivity index (χ0n) is 9.94. The van der Waals surface area contributed by atoms with Crippen molar-refractivity contribution in [1.82, 2.24) is 0 Å². The molecule has 0 fully saturated rings. The van der Waals surface area contributed by atoms with Gasteiger partial charge in [0.2, 0.25) is 0 Å². The summed E-state index contributed by atoms with van der Waals surface area (Å²) in [5, 5.41) is 0. The van der Waals surface area contributed by atoms with Crippen LogP contribution in [0.1, 0.15) is 31.2 Å². The van der Waals surface area contributed by atoms with Crippen LogP contribution in [0.25, 0.3) is 12.2 Å². The van der Waals surface area contributed by atoms with Crippen LogP contribution in [0.15, 0.2) is 30.3 Å². The van der Waals surface area contributed by atoms with E-state index < -0.39 is 0 Å². The third kappa shape index (κ3) is 2.53. The number of rotatable bonds is 3. The fourth-order valence-corrected chi connectivity index (χ4v) is 2.68. The van der Waals surface area contributed by atoms with Gasteiger partial charge in [-0.15, -0.1) is 11.3 Å². The minimum atomic E-state index is 0.829. The van der Waals surface area contributed by atoms with Gasteiger partial charge in [-0.3, -0.25) is 4.79 Å². The molecule has 0 aliphatic heterocycles. The fourth-order valence-electron chi connectivity index (χ4n) is 1.65. The van der Waals surface area contributed by atoms with Crippen LogP contribution >= 0.6 is 11.3 Å². The van der Waals surface area contributed by atoms with Crippen LogP contribution in [0.2, 0.25) is 0 Å². The molecule has 2 aromatic rings. The Hall–Kier alpha value is -1.67. The smallest absolute Gasteiger partial charge is 0.160 e. The summed E-state index contributed by atoms with van der Waals surface area (Å²) in [4.78, 5) is 12.8. The van der Waals surface area contributed by atoms with Crippen molar-refractivity contribution in [1.29, 1.82) is 0 Å². The molecule has 2 rings (SSSR count). The summed E-state index contributed by atoms with van der Waals surface area (Å²) in [5.74, 6) is 0. The quantitative estimate of drug-likeness (QED) is 0.731. The summed E-state index contributed by atoms with van der Waals surface area (Å²) in [6, 6.07) is 10.2. The van der Waals surface area contributed by atoms with Gasteiger partial charge >= 0.3 is 0 Å². The fraction of sp³-hybridized carbons (Fsp3) is 0.133. The summed E-state index contributed by atoms with van der Waals surface area (Å²) in [6.07, 6.45) is 5.09. The summed E-state index contributed by atoms with van der Waals surface area (Å²) < 4.78 is 0. The van der Waals surface area contributed by atoms with Gasteiger partial charge in [0.15, 0.2) is 6.29 Å². The molecule has 0 bridgehead atoms. The molecule has 1 aromatic heterocycles. The molecular weight excluding hydrogens is 228 g/mol. The van der Waals surface area contributed by atoms with Crippen LogP contribution in [-0.2, 0) is 0 Å². The highest BCUT2D eigenvalue weighted by Crippen LogP contribution is 2.27. The van der Waals surface area contributed by atoms with Crippen molar-refractivity contribution in [3.05, 3.63) is 56.8 Å². The number of carbonyl (C=O) groups excluding carboxylic acids is 1. The second-order valence-electron chi connectivity index (χ2n) is 3.94. The number of hydrogen-bond acceptors (Lipinski definition) is 2. The van der Waals surface area contributed by atoms with Crippen LogP contribution in [-0.4, -0.2) is 6.29 Å². The van der Waals surface area contributed by atoms with Crippen molar-refractivity contribution < 1.29 is 4.79 Å². The lowest BCUT2D eigenvalue weighted by Gasteiger charge is -1.93. The predicted molar refractivity (Wildman–Crippen MR) is 74.6 cm³/mol. The Morgan fingerprint density at radius 3 is 2.18 bits per heavy atom. The van der Waals surface area contributed by atoms with Crippen molar-refractivity contribution in [3.63, 3.8) is 0 Å². The molecule has 0 unspecified atom stereocenters. The summed E-state index contributed by atoms with van der Waals surface area (Å²) in [6.45, 7) is 4.05. The molecule has 0 aliphatic rings. The van der Waals surface area contributed by atoms with E-state index >= 15 is 0 Å².